The van der Waals surface area contributed by atoms with Crippen molar-refractivity contribution >= 4 is 22.6 Å². The zero-order valence-corrected chi connectivity index (χ0v) is 8.59. The maximum atomic E-state index is 5.94. The number of ether oxygens (including phenoxy) is 1. The molecule has 0 amide bonds. The second-order valence-electron chi connectivity index (χ2n) is 3.35. The molecule has 0 saturated carbocycles. The van der Waals surface area contributed by atoms with E-state index in [1.54, 1.807) is 0 Å². The quantitative estimate of drug-likeness (QED) is 0.564. The minimum absolute atomic E-state index is 0.101. The topological polar surface area (TPSA) is 35.2 Å². The lowest BCUT2D eigenvalue weighted by atomic mass is 9.93. The normalized spacial score (nSPS) is 38.4. The van der Waals surface area contributed by atoms with Gasteiger partial charge < -0.3 is 10.5 Å². The van der Waals surface area contributed by atoms with E-state index in [1.165, 1.54) is 0 Å². The molecule has 0 aromatic heterocycles. The first-order valence-corrected chi connectivity index (χ1v) is 5.06. The first-order chi connectivity index (χ1) is 4.58. The van der Waals surface area contributed by atoms with Crippen molar-refractivity contribution in [2.45, 2.75) is 25.5 Å². The van der Waals surface area contributed by atoms with Crippen LogP contribution in [0, 0.1) is 5.92 Å². The van der Waals surface area contributed by atoms with Crippen LogP contribution >= 0.6 is 22.6 Å². The van der Waals surface area contributed by atoms with Crippen LogP contribution < -0.4 is 5.73 Å². The molecule has 1 aliphatic rings. The highest BCUT2D eigenvalue weighted by molar-refractivity contribution is 14.1. The Balaban J connectivity index is 2.58. The monoisotopic (exact) mass is 255 g/mol. The predicted molar refractivity (Wildman–Crippen MR) is 50.4 cm³/mol. The summed E-state index contributed by atoms with van der Waals surface area (Å²) >= 11 is 2.36. The van der Waals surface area contributed by atoms with Gasteiger partial charge in [0.15, 0.2) is 0 Å². The third-order valence-electron chi connectivity index (χ3n) is 2.18. The molecule has 0 aromatic carbocycles. The predicted octanol–water partition coefficient (Wildman–Crippen LogP) is 1.17. The Labute approximate surface area is 75.6 Å². The van der Waals surface area contributed by atoms with Crippen LogP contribution in [0.3, 0.4) is 0 Å². The summed E-state index contributed by atoms with van der Waals surface area (Å²) in [6.45, 7) is 4.95. The molecule has 0 spiro atoms. The Bertz CT molecular complexity index is 127. The fraction of sp³-hybridized carbons (Fsp3) is 1.00. The molecule has 0 aromatic rings. The van der Waals surface area contributed by atoms with Crippen molar-refractivity contribution in [3.8, 4) is 0 Å². The first-order valence-electron chi connectivity index (χ1n) is 3.53. The number of nitrogens with two attached hydrogens (primary N) is 1. The molecule has 2 N–H and O–H groups in total. The molecule has 1 heterocycles. The van der Waals surface area contributed by atoms with E-state index in [0.717, 1.165) is 11.0 Å². The molecule has 0 bridgehead atoms. The van der Waals surface area contributed by atoms with Gasteiger partial charge in [-0.2, -0.15) is 0 Å². The van der Waals surface area contributed by atoms with Gasteiger partial charge in [0, 0.05) is 16.4 Å². The smallest absolute Gasteiger partial charge is 0.0780 e. The first kappa shape index (κ1) is 8.74. The summed E-state index contributed by atoms with van der Waals surface area (Å²) in [5.74, 6) is 0.551. The van der Waals surface area contributed by atoms with Crippen molar-refractivity contribution < 1.29 is 4.74 Å². The van der Waals surface area contributed by atoms with Crippen LogP contribution in [0.15, 0.2) is 0 Å². The summed E-state index contributed by atoms with van der Waals surface area (Å²) in [4.78, 5) is 0. The Morgan fingerprint density at radius 1 is 1.70 bits per heavy atom. The average molecular weight is 255 g/mol. The van der Waals surface area contributed by atoms with E-state index in [4.69, 9.17) is 10.5 Å². The molecular weight excluding hydrogens is 241 g/mol. The van der Waals surface area contributed by atoms with E-state index in [2.05, 4.69) is 36.4 Å². The summed E-state index contributed by atoms with van der Waals surface area (Å²) in [5.41, 5.74) is 5.84. The van der Waals surface area contributed by atoms with Gasteiger partial charge in [-0.05, 0) is 13.8 Å². The van der Waals surface area contributed by atoms with E-state index in [0.29, 0.717) is 5.92 Å². The average Bonchev–Trinajstić information content (AvgIpc) is 2.10. The van der Waals surface area contributed by atoms with Gasteiger partial charge in [0.25, 0.3) is 0 Å². The molecule has 1 fully saturated rings. The molecule has 2 atom stereocenters. The maximum absolute atomic E-state index is 5.94. The lowest BCUT2D eigenvalue weighted by Crippen LogP contribution is -2.43. The summed E-state index contributed by atoms with van der Waals surface area (Å²) in [7, 11) is 0. The number of rotatable bonds is 1. The molecule has 3 heteroatoms. The number of hydrogen-bond donors (Lipinski definition) is 1. The van der Waals surface area contributed by atoms with Gasteiger partial charge in [0.05, 0.1) is 12.2 Å². The highest BCUT2D eigenvalue weighted by atomic mass is 127. The Morgan fingerprint density at radius 2 is 2.30 bits per heavy atom. The van der Waals surface area contributed by atoms with Gasteiger partial charge in [-0.15, -0.1) is 0 Å². The molecule has 1 saturated heterocycles. The zero-order chi connectivity index (χ0) is 7.78. The lowest BCUT2D eigenvalue weighted by Gasteiger charge is -2.23. The molecule has 2 nitrogen and oxygen atoms in total. The van der Waals surface area contributed by atoms with Crippen LogP contribution in [0.4, 0.5) is 0 Å². The van der Waals surface area contributed by atoms with Crippen LogP contribution in [0.5, 0.6) is 0 Å². The maximum Gasteiger partial charge on any atom is 0.0780 e. The summed E-state index contributed by atoms with van der Waals surface area (Å²) in [6, 6.07) is 0.212. The van der Waals surface area contributed by atoms with Gasteiger partial charge in [-0.3, -0.25) is 0 Å². The number of hydrogen-bond acceptors (Lipinski definition) is 2. The van der Waals surface area contributed by atoms with Crippen molar-refractivity contribution in [3.63, 3.8) is 0 Å². The summed E-state index contributed by atoms with van der Waals surface area (Å²) in [5, 5.41) is 0. The molecule has 0 aliphatic carbocycles. The van der Waals surface area contributed by atoms with Gasteiger partial charge in [-0.25, -0.2) is 0 Å². The van der Waals surface area contributed by atoms with Crippen LogP contribution in [-0.4, -0.2) is 22.7 Å². The van der Waals surface area contributed by atoms with E-state index >= 15 is 0 Å². The Hall–Kier alpha value is 0.650. The van der Waals surface area contributed by atoms with Crippen molar-refractivity contribution in [3.05, 3.63) is 0 Å². The van der Waals surface area contributed by atoms with E-state index in [1.807, 2.05) is 0 Å². The fourth-order valence-corrected chi connectivity index (χ4v) is 2.03. The Morgan fingerprint density at radius 3 is 2.50 bits per heavy atom. The number of alkyl halides is 1. The summed E-state index contributed by atoms with van der Waals surface area (Å²) in [6.07, 6.45) is 0. The number of halogens is 1. The lowest BCUT2D eigenvalue weighted by molar-refractivity contribution is 0.0277. The van der Waals surface area contributed by atoms with Crippen LogP contribution in [-0.2, 0) is 4.74 Å². The van der Waals surface area contributed by atoms with Crippen LogP contribution in [0.1, 0.15) is 13.8 Å². The van der Waals surface area contributed by atoms with Gasteiger partial charge in [-0.1, -0.05) is 22.6 Å². The minimum Gasteiger partial charge on any atom is -0.374 e. The van der Waals surface area contributed by atoms with Gasteiger partial charge in [0.2, 0.25) is 0 Å². The minimum atomic E-state index is -0.101. The van der Waals surface area contributed by atoms with Crippen molar-refractivity contribution in [2.75, 3.05) is 11.0 Å². The molecule has 0 radical (unpaired) electrons. The van der Waals surface area contributed by atoms with E-state index in [9.17, 15) is 0 Å². The SMILES string of the molecule is CC1(C)OCC(CI)C1N. The van der Waals surface area contributed by atoms with E-state index < -0.39 is 0 Å². The third-order valence-corrected chi connectivity index (χ3v) is 3.31. The molecule has 1 aliphatic heterocycles. The molecule has 2 unspecified atom stereocenters. The highest BCUT2D eigenvalue weighted by Crippen LogP contribution is 2.29. The standard InChI is InChI=1S/C7H14INO/c1-7(2)6(9)5(3-8)4-10-7/h5-6H,3-4,9H2,1-2H3. The van der Waals surface area contributed by atoms with Gasteiger partial charge >= 0.3 is 0 Å². The van der Waals surface area contributed by atoms with Crippen molar-refractivity contribution in [1.29, 1.82) is 0 Å². The fourth-order valence-electron chi connectivity index (χ4n) is 1.23. The largest absolute Gasteiger partial charge is 0.374 e. The second-order valence-corrected chi connectivity index (χ2v) is 4.24. The van der Waals surface area contributed by atoms with Crippen molar-refractivity contribution in [1.82, 2.24) is 0 Å². The molecule has 60 valence electrons. The Kier molecular flexibility index (Phi) is 2.58. The highest BCUT2D eigenvalue weighted by Gasteiger charge is 2.39. The zero-order valence-electron chi connectivity index (χ0n) is 6.43. The van der Waals surface area contributed by atoms with Crippen molar-refractivity contribution in [2.24, 2.45) is 11.7 Å². The van der Waals surface area contributed by atoms with Crippen LogP contribution in [0.2, 0.25) is 0 Å². The molecular formula is C7H14INO. The molecule has 10 heavy (non-hydrogen) atoms. The molecule has 1 rings (SSSR count). The second kappa shape index (κ2) is 2.95. The summed E-state index contributed by atoms with van der Waals surface area (Å²) < 4.78 is 6.63. The van der Waals surface area contributed by atoms with E-state index in [-0.39, 0.29) is 11.6 Å². The third kappa shape index (κ3) is 1.46. The van der Waals surface area contributed by atoms with Gasteiger partial charge in [0.1, 0.15) is 0 Å². The van der Waals surface area contributed by atoms with Crippen LogP contribution in [0.25, 0.3) is 0 Å².